The smallest absolute Gasteiger partial charge is 0.405 e. The molecule has 12 nitrogen and oxygen atoms in total. The number of hydrogen-bond donors (Lipinski definition) is 3. The van der Waals surface area contributed by atoms with Gasteiger partial charge in [0, 0.05) is 27.8 Å². The first-order valence-corrected chi connectivity index (χ1v) is 16.3. The van der Waals surface area contributed by atoms with Crippen molar-refractivity contribution in [2.45, 2.75) is 110 Å². The topological polar surface area (TPSA) is 161 Å². The molecular formula is C34H56N4O8. The number of primary amides is 1. The number of likely N-dealkylation sites (N-methyl/N-ethyl adjacent to an activating group) is 1. The Morgan fingerprint density at radius 1 is 1.07 bits per heavy atom. The minimum absolute atomic E-state index is 0.0000374. The third-order valence-electron chi connectivity index (χ3n) is 9.34. The molecule has 260 valence electrons. The van der Waals surface area contributed by atoms with Crippen molar-refractivity contribution in [3.63, 3.8) is 0 Å². The van der Waals surface area contributed by atoms with Gasteiger partial charge in [-0.3, -0.25) is 14.4 Å². The van der Waals surface area contributed by atoms with Crippen LogP contribution < -0.4 is 11.1 Å². The molecule has 0 saturated carbocycles. The van der Waals surface area contributed by atoms with Gasteiger partial charge in [0.05, 0.1) is 48.8 Å². The molecule has 1 aromatic carbocycles. The number of ether oxygens (including phenoxy) is 3. The molecule has 0 aromatic heterocycles. The van der Waals surface area contributed by atoms with E-state index < -0.39 is 54.4 Å². The normalized spacial score (nSPS) is 20.2. The molecule has 4 amide bonds. The van der Waals surface area contributed by atoms with E-state index in [-0.39, 0.29) is 36.1 Å². The Labute approximate surface area is 274 Å². The number of nitrogens with one attached hydrogen (secondary N) is 1. The van der Waals surface area contributed by atoms with Crippen LogP contribution in [0.5, 0.6) is 0 Å². The number of carbonyl (C=O) groups is 4. The van der Waals surface area contributed by atoms with E-state index in [2.05, 4.69) is 5.32 Å². The van der Waals surface area contributed by atoms with Crippen molar-refractivity contribution >= 4 is 23.8 Å². The highest BCUT2D eigenvalue weighted by Gasteiger charge is 2.43. The highest BCUT2D eigenvalue weighted by Crippen LogP contribution is 2.30. The van der Waals surface area contributed by atoms with Gasteiger partial charge in [0.2, 0.25) is 11.8 Å². The quantitative estimate of drug-likeness (QED) is 0.232. The Kier molecular flexibility index (Phi) is 15.4. The molecule has 2 unspecified atom stereocenters. The highest BCUT2D eigenvalue weighted by molar-refractivity contribution is 5.84. The second-order valence-corrected chi connectivity index (χ2v) is 12.8. The monoisotopic (exact) mass is 648 g/mol. The summed E-state index contributed by atoms with van der Waals surface area (Å²) in [6.07, 6.45) is -2.10. The Balaban J connectivity index is 2.21. The average molecular weight is 649 g/mol. The van der Waals surface area contributed by atoms with Crippen LogP contribution in [0.1, 0.15) is 78.9 Å². The number of hydrogen-bond acceptors (Lipinski definition) is 8. The molecule has 1 aromatic rings. The molecule has 2 rings (SSSR count). The number of aliphatic hydroxyl groups excluding tert-OH is 1. The molecule has 0 radical (unpaired) electrons. The number of nitrogens with two attached hydrogens (primary N) is 1. The van der Waals surface area contributed by atoms with E-state index in [9.17, 15) is 24.3 Å². The maximum atomic E-state index is 13.9. The Morgan fingerprint density at radius 2 is 1.70 bits per heavy atom. The summed E-state index contributed by atoms with van der Waals surface area (Å²) in [5, 5.41) is 13.7. The summed E-state index contributed by atoms with van der Waals surface area (Å²) in [6, 6.07) is 7.75. The molecule has 4 N–H and O–H groups in total. The largest absolute Gasteiger partial charge is 0.436 e. The fraction of sp³-hybridized carbons (Fsp3) is 0.706. The summed E-state index contributed by atoms with van der Waals surface area (Å²) in [6.45, 7) is 11.5. The van der Waals surface area contributed by atoms with Crippen molar-refractivity contribution in [3.8, 4) is 0 Å². The van der Waals surface area contributed by atoms with E-state index in [1.165, 1.54) is 19.1 Å². The number of likely N-dealkylation sites (tertiary alicyclic amines) is 1. The molecule has 1 fully saturated rings. The lowest BCUT2D eigenvalue weighted by Gasteiger charge is -2.40. The zero-order valence-electron chi connectivity index (χ0n) is 29.0. The molecular weight excluding hydrogens is 592 g/mol. The lowest BCUT2D eigenvalue weighted by atomic mass is 9.89. The fourth-order valence-corrected chi connectivity index (χ4v) is 6.48. The van der Waals surface area contributed by atoms with Crippen LogP contribution in [0.2, 0.25) is 0 Å². The minimum Gasteiger partial charge on any atom is -0.436 e. The van der Waals surface area contributed by atoms with Crippen LogP contribution in [0.3, 0.4) is 0 Å². The molecule has 12 heteroatoms. The molecule has 0 bridgehead atoms. The Morgan fingerprint density at radius 3 is 2.22 bits per heavy atom. The zero-order valence-corrected chi connectivity index (χ0v) is 29.0. The minimum atomic E-state index is -1.07. The van der Waals surface area contributed by atoms with Crippen molar-refractivity contribution in [2.24, 2.45) is 23.5 Å². The number of benzene rings is 1. The van der Waals surface area contributed by atoms with Gasteiger partial charge in [-0.15, -0.1) is 0 Å². The third-order valence-corrected chi connectivity index (χ3v) is 9.34. The van der Waals surface area contributed by atoms with Gasteiger partial charge in [0.25, 0.3) is 5.91 Å². The number of methoxy groups -OCH3 is 2. The second-order valence-electron chi connectivity index (χ2n) is 12.8. The van der Waals surface area contributed by atoms with Gasteiger partial charge in [0.1, 0.15) is 0 Å². The number of carbonyl (C=O) groups excluding carboxylic acids is 4. The number of nitrogens with zero attached hydrogens (tertiary/aromatic N) is 2. The van der Waals surface area contributed by atoms with Crippen LogP contribution in [0.25, 0.3) is 0 Å². The third kappa shape index (κ3) is 9.89. The van der Waals surface area contributed by atoms with E-state index >= 15 is 0 Å². The van der Waals surface area contributed by atoms with Crippen LogP contribution >= 0.6 is 0 Å². The van der Waals surface area contributed by atoms with E-state index in [0.717, 1.165) is 6.42 Å². The molecule has 1 aliphatic heterocycles. The summed E-state index contributed by atoms with van der Waals surface area (Å²) in [5.74, 6) is -1.84. The lowest BCUT2D eigenvalue weighted by molar-refractivity contribution is -0.151. The van der Waals surface area contributed by atoms with Crippen molar-refractivity contribution in [1.82, 2.24) is 15.1 Å². The summed E-state index contributed by atoms with van der Waals surface area (Å²) < 4.78 is 16.9. The average Bonchev–Trinajstić information content (AvgIpc) is 3.52. The first kappa shape index (κ1) is 39.0. The molecule has 1 saturated heterocycles. The Bertz CT molecular complexity index is 1140. The van der Waals surface area contributed by atoms with Crippen LogP contribution in [0, 0.1) is 17.8 Å². The van der Waals surface area contributed by atoms with E-state index in [1.807, 2.05) is 32.0 Å². The maximum absolute atomic E-state index is 13.9. The number of aliphatic hydroxyl groups is 1. The van der Waals surface area contributed by atoms with Crippen molar-refractivity contribution in [1.29, 1.82) is 0 Å². The summed E-state index contributed by atoms with van der Waals surface area (Å²) in [4.78, 5) is 55.6. The SMILES string of the molecule is CC[C@H](C)[C@@H]([C@@H](CC(=O)N1CCCC1[C@H](OC)[C@@H](C)C(=O)N[C@H](C)[C@@H](O)c1ccccc1)OC)N(C)C(=O)C(OC(N)=O)C(C)C. The molecule has 1 heterocycles. The predicted octanol–water partition coefficient (Wildman–Crippen LogP) is 3.26. The summed E-state index contributed by atoms with van der Waals surface area (Å²) in [7, 11) is 4.68. The van der Waals surface area contributed by atoms with Gasteiger partial charge in [0.15, 0.2) is 6.10 Å². The first-order valence-electron chi connectivity index (χ1n) is 16.3. The van der Waals surface area contributed by atoms with Crippen LogP contribution in [-0.2, 0) is 28.6 Å². The maximum Gasteiger partial charge on any atom is 0.405 e. The zero-order chi connectivity index (χ0) is 34.7. The highest BCUT2D eigenvalue weighted by atomic mass is 16.6. The molecule has 0 spiro atoms. The van der Waals surface area contributed by atoms with Crippen LogP contribution in [0.4, 0.5) is 4.79 Å². The second kappa shape index (κ2) is 18.2. The van der Waals surface area contributed by atoms with E-state index in [0.29, 0.717) is 24.9 Å². The summed E-state index contributed by atoms with van der Waals surface area (Å²) >= 11 is 0. The van der Waals surface area contributed by atoms with Crippen LogP contribution in [-0.4, -0.2) is 103 Å². The molecule has 46 heavy (non-hydrogen) atoms. The molecule has 1 aliphatic rings. The number of amides is 4. The lowest BCUT2D eigenvalue weighted by Crippen LogP contribution is -2.55. The van der Waals surface area contributed by atoms with Gasteiger partial charge in [-0.05, 0) is 37.2 Å². The molecule has 9 atom stereocenters. The van der Waals surface area contributed by atoms with Gasteiger partial charge >= 0.3 is 6.09 Å². The van der Waals surface area contributed by atoms with E-state index in [1.54, 1.807) is 51.8 Å². The van der Waals surface area contributed by atoms with Gasteiger partial charge < -0.3 is 40.2 Å². The van der Waals surface area contributed by atoms with Crippen LogP contribution in [0.15, 0.2) is 30.3 Å². The van der Waals surface area contributed by atoms with Crippen molar-refractivity contribution in [2.75, 3.05) is 27.8 Å². The van der Waals surface area contributed by atoms with Gasteiger partial charge in [-0.25, -0.2) is 4.79 Å². The van der Waals surface area contributed by atoms with Crippen molar-refractivity contribution < 1.29 is 38.5 Å². The predicted molar refractivity (Wildman–Crippen MR) is 174 cm³/mol. The Hall–Kier alpha value is -3.22. The van der Waals surface area contributed by atoms with Gasteiger partial charge in [-0.1, -0.05) is 71.4 Å². The fourth-order valence-electron chi connectivity index (χ4n) is 6.48. The number of rotatable bonds is 17. The van der Waals surface area contributed by atoms with E-state index in [4.69, 9.17) is 19.9 Å². The van der Waals surface area contributed by atoms with Crippen molar-refractivity contribution in [3.05, 3.63) is 35.9 Å². The standard InChI is InChI=1S/C34H56N4O8/c1-10-21(4)28(37(7)33(42)30(20(2)3)46-34(35)43)26(44-8)19-27(39)38-18-14-17-25(38)31(45-9)22(5)32(41)36-23(6)29(40)24-15-12-11-13-16-24/h11-13,15-16,20-23,25-26,28-31,40H,10,14,17-19H2,1-9H3,(H2,35,43)(H,36,41)/t21-,22+,23+,25?,26+,28-,29+,30?,31+/m0/s1. The first-order chi connectivity index (χ1) is 21.7. The summed E-state index contributed by atoms with van der Waals surface area (Å²) in [5.41, 5.74) is 5.95. The van der Waals surface area contributed by atoms with Gasteiger partial charge in [-0.2, -0.15) is 0 Å². The molecule has 0 aliphatic carbocycles.